The van der Waals surface area contributed by atoms with Crippen molar-refractivity contribution in [3.63, 3.8) is 0 Å². The van der Waals surface area contributed by atoms with Gasteiger partial charge >= 0.3 is 0 Å². The lowest BCUT2D eigenvalue weighted by Crippen LogP contribution is -2.33. The molecule has 2 aromatic carbocycles. The maximum Gasteiger partial charge on any atom is 0.261 e. The number of aromatic nitrogens is 1. The van der Waals surface area contributed by atoms with Crippen LogP contribution in [0.4, 0.5) is 5.69 Å². The fourth-order valence-electron chi connectivity index (χ4n) is 4.35. The molecule has 31 heavy (non-hydrogen) atoms. The molecule has 0 spiro atoms. The van der Waals surface area contributed by atoms with Crippen molar-refractivity contribution in [1.82, 2.24) is 9.88 Å². The van der Waals surface area contributed by atoms with Crippen LogP contribution in [0.25, 0.3) is 11.1 Å². The predicted octanol–water partition coefficient (Wildman–Crippen LogP) is 3.71. The minimum Gasteiger partial charge on any atom is -0.312 e. The monoisotopic (exact) mass is 411 g/mol. The van der Waals surface area contributed by atoms with Gasteiger partial charge in [0.15, 0.2) is 0 Å². The van der Waals surface area contributed by atoms with Crippen LogP contribution in [0.15, 0.2) is 67.0 Å². The Morgan fingerprint density at radius 1 is 0.903 bits per heavy atom. The topological polar surface area (TPSA) is 70.6 Å². The van der Waals surface area contributed by atoms with E-state index in [2.05, 4.69) is 11.1 Å². The van der Waals surface area contributed by atoms with E-state index in [1.807, 2.05) is 29.2 Å². The molecule has 3 aromatic rings. The number of imide groups is 1. The Morgan fingerprint density at radius 2 is 1.61 bits per heavy atom. The lowest BCUT2D eigenvalue weighted by molar-refractivity contribution is -0.118. The highest BCUT2D eigenvalue weighted by Crippen LogP contribution is 2.33. The summed E-state index contributed by atoms with van der Waals surface area (Å²) < 4.78 is 0. The third-order valence-electron chi connectivity index (χ3n) is 5.94. The first kappa shape index (κ1) is 19.2. The molecule has 0 bridgehead atoms. The van der Waals surface area contributed by atoms with E-state index in [4.69, 9.17) is 0 Å². The van der Waals surface area contributed by atoms with E-state index in [1.54, 1.807) is 36.7 Å². The molecule has 5 rings (SSSR count). The molecule has 0 atom stereocenters. The van der Waals surface area contributed by atoms with Gasteiger partial charge in [-0.25, -0.2) is 0 Å². The summed E-state index contributed by atoms with van der Waals surface area (Å²) in [5.41, 5.74) is 5.20. The highest BCUT2D eigenvalue weighted by molar-refractivity contribution is 6.21. The highest BCUT2D eigenvalue weighted by Gasteiger charge is 2.35. The summed E-state index contributed by atoms with van der Waals surface area (Å²) >= 11 is 0. The summed E-state index contributed by atoms with van der Waals surface area (Å²) in [6.07, 6.45) is 5.10. The van der Waals surface area contributed by atoms with Crippen molar-refractivity contribution in [2.75, 3.05) is 18.0 Å². The van der Waals surface area contributed by atoms with E-state index in [-0.39, 0.29) is 24.3 Å². The number of carbonyl (C=O) groups excluding carboxylic acids is 3. The SMILES string of the molecule is O=C1c2ccccc2C(=O)N1CCCC(=O)N1CCc2cc(-c3ccncc3)ccc21. The standard InChI is InChI=1S/C25H21N3O3/c29-23(6-3-14-28-24(30)20-4-1-2-5-21(20)25(28)31)27-15-11-19-16-18(7-8-22(19)27)17-9-12-26-13-10-17/h1-2,4-5,7-10,12-13,16H,3,6,11,14-15H2. The van der Waals surface area contributed by atoms with Crippen molar-refractivity contribution in [3.8, 4) is 11.1 Å². The molecule has 1 aromatic heterocycles. The number of rotatable bonds is 5. The first-order chi connectivity index (χ1) is 15.1. The van der Waals surface area contributed by atoms with Crippen LogP contribution in [0.1, 0.15) is 39.1 Å². The van der Waals surface area contributed by atoms with Gasteiger partial charge in [0.2, 0.25) is 5.91 Å². The minimum absolute atomic E-state index is 0.0204. The summed E-state index contributed by atoms with van der Waals surface area (Å²) in [7, 11) is 0. The second-order valence-electron chi connectivity index (χ2n) is 7.79. The largest absolute Gasteiger partial charge is 0.312 e. The van der Waals surface area contributed by atoms with Gasteiger partial charge in [-0.2, -0.15) is 0 Å². The summed E-state index contributed by atoms with van der Waals surface area (Å²) in [4.78, 5) is 44.9. The predicted molar refractivity (Wildman–Crippen MR) is 117 cm³/mol. The summed E-state index contributed by atoms with van der Waals surface area (Å²) in [5.74, 6) is -0.529. The first-order valence-electron chi connectivity index (χ1n) is 10.4. The highest BCUT2D eigenvalue weighted by atomic mass is 16.2. The van der Waals surface area contributed by atoms with E-state index >= 15 is 0 Å². The van der Waals surface area contributed by atoms with Gasteiger partial charge in [0.05, 0.1) is 11.1 Å². The molecule has 2 aliphatic heterocycles. The Hall–Kier alpha value is -3.80. The van der Waals surface area contributed by atoms with Crippen molar-refractivity contribution in [2.45, 2.75) is 19.3 Å². The quantitative estimate of drug-likeness (QED) is 0.600. The number of pyridine rings is 1. The van der Waals surface area contributed by atoms with Crippen LogP contribution in [0.5, 0.6) is 0 Å². The van der Waals surface area contributed by atoms with E-state index in [0.717, 1.165) is 28.8 Å². The zero-order chi connectivity index (χ0) is 21.4. The van der Waals surface area contributed by atoms with E-state index in [0.29, 0.717) is 30.5 Å². The molecule has 0 saturated heterocycles. The molecule has 154 valence electrons. The number of hydrogen-bond acceptors (Lipinski definition) is 4. The molecule has 3 heterocycles. The molecule has 2 aliphatic rings. The normalized spacial score (nSPS) is 14.7. The average Bonchev–Trinajstić information content (AvgIpc) is 3.34. The Morgan fingerprint density at radius 3 is 2.32 bits per heavy atom. The van der Waals surface area contributed by atoms with Crippen LogP contribution >= 0.6 is 0 Å². The fraction of sp³-hybridized carbons (Fsp3) is 0.200. The zero-order valence-electron chi connectivity index (χ0n) is 17.0. The zero-order valence-corrected chi connectivity index (χ0v) is 17.0. The molecule has 6 nitrogen and oxygen atoms in total. The van der Waals surface area contributed by atoms with E-state index in [1.165, 1.54) is 4.90 Å². The summed E-state index contributed by atoms with van der Waals surface area (Å²) in [6, 6.07) is 16.9. The van der Waals surface area contributed by atoms with Crippen LogP contribution in [-0.4, -0.2) is 40.7 Å². The number of benzene rings is 2. The Bertz CT molecular complexity index is 1150. The first-order valence-corrected chi connectivity index (χ1v) is 10.4. The average molecular weight is 411 g/mol. The maximum absolute atomic E-state index is 12.8. The molecule has 0 N–H and O–H groups in total. The van der Waals surface area contributed by atoms with Crippen LogP contribution in [0.3, 0.4) is 0 Å². The lowest BCUT2D eigenvalue weighted by Gasteiger charge is -2.19. The minimum atomic E-state index is -0.275. The van der Waals surface area contributed by atoms with Gasteiger partial charge in [-0.3, -0.25) is 24.3 Å². The molecule has 0 fully saturated rings. The Kier molecular flexibility index (Phi) is 4.82. The number of anilines is 1. The van der Waals surface area contributed by atoms with Gasteiger partial charge in [0.25, 0.3) is 11.8 Å². The van der Waals surface area contributed by atoms with E-state index < -0.39 is 0 Å². The molecular formula is C25H21N3O3. The maximum atomic E-state index is 12.8. The number of hydrogen-bond donors (Lipinski definition) is 0. The van der Waals surface area contributed by atoms with Gasteiger partial charge in [-0.15, -0.1) is 0 Å². The lowest BCUT2D eigenvalue weighted by atomic mass is 10.0. The van der Waals surface area contributed by atoms with Crippen LogP contribution in [0, 0.1) is 0 Å². The van der Waals surface area contributed by atoms with Gasteiger partial charge in [0, 0.05) is 37.6 Å². The smallest absolute Gasteiger partial charge is 0.261 e. The van der Waals surface area contributed by atoms with Gasteiger partial charge in [-0.05, 0) is 65.9 Å². The molecule has 6 heteroatoms. The number of nitrogens with zero attached hydrogens (tertiary/aromatic N) is 3. The third-order valence-corrected chi connectivity index (χ3v) is 5.94. The summed E-state index contributed by atoms with van der Waals surface area (Å²) in [5, 5.41) is 0. The summed E-state index contributed by atoms with van der Waals surface area (Å²) in [6.45, 7) is 0.904. The third kappa shape index (κ3) is 3.40. The van der Waals surface area contributed by atoms with Crippen LogP contribution in [0.2, 0.25) is 0 Å². The van der Waals surface area contributed by atoms with Crippen LogP contribution in [-0.2, 0) is 11.2 Å². The van der Waals surface area contributed by atoms with Crippen molar-refractivity contribution < 1.29 is 14.4 Å². The number of amides is 3. The van der Waals surface area contributed by atoms with Crippen molar-refractivity contribution >= 4 is 23.4 Å². The Balaban J connectivity index is 1.22. The second-order valence-corrected chi connectivity index (χ2v) is 7.79. The molecule has 0 radical (unpaired) electrons. The molecule has 0 saturated carbocycles. The van der Waals surface area contributed by atoms with Crippen molar-refractivity contribution in [1.29, 1.82) is 0 Å². The second kappa shape index (κ2) is 7.80. The number of carbonyl (C=O) groups is 3. The molecule has 0 aliphatic carbocycles. The van der Waals surface area contributed by atoms with Crippen LogP contribution < -0.4 is 4.90 Å². The van der Waals surface area contributed by atoms with Gasteiger partial charge in [0.1, 0.15) is 0 Å². The fourth-order valence-corrected chi connectivity index (χ4v) is 4.35. The Labute approximate surface area is 180 Å². The van der Waals surface area contributed by atoms with Gasteiger partial charge in [-0.1, -0.05) is 18.2 Å². The van der Waals surface area contributed by atoms with Crippen molar-refractivity contribution in [3.05, 3.63) is 83.7 Å². The number of fused-ring (bicyclic) bond motifs is 2. The van der Waals surface area contributed by atoms with E-state index in [9.17, 15) is 14.4 Å². The van der Waals surface area contributed by atoms with Gasteiger partial charge < -0.3 is 4.90 Å². The molecule has 3 amide bonds. The van der Waals surface area contributed by atoms with Crippen molar-refractivity contribution in [2.24, 2.45) is 0 Å². The molecule has 0 unspecified atom stereocenters. The molecular weight excluding hydrogens is 390 g/mol.